The van der Waals surface area contributed by atoms with E-state index in [1.807, 2.05) is 0 Å². The highest BCUT2D eigenvalue weighted by Gasteiger charge is 2.20. The predicted octanol–water partition coefficient (Wildman–Crippen LogP) is 1.03. The van der Waals surface area contributed by atoms with Crippen molar-refractivity contribution >= 4 is 0 Å². The van der Waals surface area contributed by atoms with Gasteiger partial charge in [0.25, 0.3) is 0 Å². The lowest BCUT2D eigenvalue weighted by Gasteiger charge is -2.24. The standard InChI is InChI=1S/C9H20N2/c1-8-5-6-10(3)9(2)7-11(8)4/h8-9H,5-7H2,1-4H3/t8-,9?/m1/s1. The summed E-state index contributed by atoms with van der Waals surface area (Å²) < 4.78 is 0. The van der Waals surface area contributed by atoms with Gasteiger partial charge in [0.2, 0.25) is 0 Å². The molecule has 0 aliphatic carbocycles. The summed E-state index contributed by atoms with van der Waals surface area (Å²) in [5, 5.41) is 0. The van der Waals surface area contributed by atoms with Gasteiger partial charge in [-0.15, -0.1) is 0 Å². The summed E-state index contributed by atoms with van der Waals surface area (Å²) in [6.45, 7) is 7.06. The zero-order valence-electron chi connectivity index (χ0n) is 8.17. The fraction of sp³-hybridized carbons (Fsp3) is 1.00. The van der Waals surface area contributed by atoms with E-state index < -0.39 is 0 Å². The smallest absolute Gasteiger partial charge is 0.0191 e. The lowest BCUT2D eigenvalue weighted by atomic mass is 10.2. The van der Waals surface area contributed by atoms with Crippen LogP contribution < -0.4 is 0 Å². The molecule has 0 aromatic carbocycles. The molecule has 1 rings (SSSR count). The molecule has 1 heterocycles. The quantitative estimate of drug-likeness (QED) is 0.517. The number of likely N-dealkylation sites (N-methyl/N-ethyl adjacent to an activating group) is 2. The molecule has 0 spiro atoms. The van der Waals surface area contributed by atoms with E-state index in [0.717, 1.165) is 6.04 Å². The van der Waals surface area contributed by atoms with Gasteiger partial charge in [-0.2, -0.15) is 0 Å². The minimum atomic E-state index is 0.713. The molecule has 1 aliphatic heterocycles. The van der Waals surface area contributed by atoms with Gasteiger partial charge in [-0.05, 0) is 40.9 Å². The van der Waals surface area contributed by atoms with Crippen molar-refractivity contribution in [3.8, 4) is 0 Å². The third kappa shape index (κ3) is 2.17. The summed E-state index contributed by atoms with van der Waals surface area (Å²) in [4.78, 5) is 4.90. The van der Waals surface area contributed by atoms with Crippen LogP contribution in [0.25, 0.3) is 0 Å². The monoisotopic (exact) mass is 156 g/mol. The first-order valence-corrected chi connectivity index (χ1v) is 4.51. The second-order valence-electron chi connectivity index (χ2n) is 3.91. The van der Waals surface area contributed by atoms with Gasteiger partial charge in [-0.3, -0.25) is 0 Å². The van der Waals surface area contributed by atoms with Crippen LogP contribution in [0.15, 0.2) is 0 Å². The van der Waals surface area contributed by atoms with Gasteiger partial charge in [0, 0.05) is 18.6 Å². The van der Waals surface area contributed by atoms with Crippen LogP contribution in [0.3, 0.4) is 0 Å². The first-order chi connectivity index (χ1) is 5.11. The van der Waals surface area contributed by atoms with E-state index in [4.69, 9.17) is 0 Å². The molecule has 0 aromatic heterocycles. The van der Waals surface area contributed by atoms with Crippen molar-refractivity contribution in [3.05, 3.63) is 0 Å². The minimum absolute atomic E-state index is 0.713. The van der Waals surface area contributed by atoms with Gasteiger partial charge < -0.3 is 9.80 Å². The molecule has 0 bridgehead atoms. The largest absolute Gasteiger partial charge is 0.302 e. The lowest BCUT2D eigenvalue weighted by Crippen LogP contribution is -2.36. The summed E-state index contributed by atoms with van der Waals surface area (Å²) >= 11 is 0. The Labute approximate surface area is 70.2 Å². The molecule has 0 aromatic rings. The van der Waals surface area contributed by atoms with Crippen molar-refractivity contribution in [2.45, 2.75) is 32.4 Å². The van der Waals surface area contributed by atoms with Gasteiger partial charge >= 0.3 is 0 Å². The zero-order chi connectivity index (χ0) is 8.43. The SMILES string of the molecule is CC1CN(C)[C@H](C)CCN1C. The number of rotatable bonds is 0. The van der Waals surface area contributed by atoms with E-state index in [0.29, 0.717) is 6.04 Å². The average Bonchev–Trinajstić information content (AvgIpc) is 2.05. The molecule has 0 saturated carbocycles. The number of nitrogens with zero attached hydrogens (tertiary/aromatic N) is 2. The van der Waals surface area contributed by atoms with Crippen molar-refractivity contribution in [2.24, 2.45) is 0 Å². The highest BCUT2D eigenvalue weighted by Crippen LogP contribution is 2.11. The van der Waals surface area contributed by atoms with Crippen molar-refractivity contribution in [2.75, 3.05) is 27.2 Å². The van der Waals surface area contributed by atoms with Crippen LogP contribution in [0.1, 0.15) is 20.3 Å². The number of hydrogen-bond donors (Lipinski definition) is 0. The minimum Gasteiger partial charge on any atom is -0.302 e. The fourth-order valence-electron chi connectivity index (χ4n) is 1.57. The first-order valence-electron chi connectivity index (χ1n) is 4.51. The topological polar surface area (TPSA) is 6.48 Å². The van der Waals surface area contributed by atoms with Crippen molar-refractivity contribution in [1.82, 2.24) is 9.80 Å². The summed E-state index contributed by atoms with van der Waals surface area (Å²) in [5.74, 6) is 0. The third-order valence-electron chi connectivity index (χ3n) is 2.96. The Balaban J connectivity index is 2.51. The van der Waals surface area contributed by atoms with E-state index in [2.05, 4.69) is 37.7 Å². The van der Waals surface area contributed by atoms with Crippen LogP contribution in [0.2, 0.25) is 0 Å². The molecule has 0 radical (unpaired) electrons. The highest BCUT2D eigenvalue weighted by molar-refractivity contribution is 4.76. The summed E-state index contributed by atoms with van der Waals surface area (Å²) in [5.41, 5.74) is 0. The molecule has 1 aliphatic rings. The second-order valence-corrected chi connectivity index (χ2v) is 3.91. The molecular weight excluding hydrogens is 136 g/mol. The van der Waals surface area contributed by atoms with Crippen LogP contribution in [0.4, 0.5) is 0 Å². The fourth-order valence-corrected chi connectivity index (χ4v) is 1.57. The number of hydrogen-bond acceptors (Lipinski definition) is 2. The van der Waals surface area contributed by atoms with Gasteiger partial charge in [-0.25, -0.2) is 0 Å². The molecule has 1 saturated heterocycles. The van der Waals surface area contributed by atoms with Crippen LogP contribution in [0, 0.1) is 0 Å². The van der Waals surface area contributed by atoms with E-state index in [9.17, 15) is 0 Å². The van der Waals surface area contributed by atoms with E-state index in [1.54, 1.807) is 0 Å². The van der Waals surface area contributed by atoms with Crippen LogP contribution in [-0.4, -0.2) is 49.1 Å². The van der Waals surface area contributed by atoms with Gasteiger partial charge in [0.1, 0.15) is 0 Å². The maximum Gasteiger partial charge on any atom is 0.0191 e. The highest BCUT2D eigenvalue weighted by atomic mass is 15.2. The molecule has 0 amide bonds. The Bertz CT molecular complexity index is 111. The van der Waals surface area contributed by atoms with Crippen molar-refractivity contribution in [3.63, 3.8) is 0 Å². The maximum atomic E-state index is 2.45. The molecule has 1 unspecified atom stereocenters. The molecular formula is C9H20N2. The van der Waals surface area contributed by atoms with E-state index in [1.165, 1.54) is 19.5 Å². The molecule has 66 valence electrons. The maximum absolute atomic E-state index is 2.45. The Morgan fingerprint density at radius 1 is 1.00 bits per heavy atom. The Kier molecular flexibility index (Phi) is 2.90. The van der Waals surface area contributed by atoms with Crippen LogP contribution in [-0.2, 0) is 0 Å². The first kappa shape index (κ1) is 9.01. The van der Waals surface area contributed by atoms with Crippen molar-refractivity contribution in [1.29, 1.82) is 0 Å². The predicted molar refractivity (Wildman–Crippen MR) is 48.8 cm³/mol. The molecule has 1 fully saturated rings. The summed E-state index contributed by atoms with van der Waals surface area (Å²) in [6, 6.07) is 1.47. The normalized spacial score (nSPS) is 37.1. The second kappa shape index (κ2) is 3.55. The van der Waals surface area contributed by atoms with Gasteiger partial charge in [-0.1, -0.05) is 0 Å². The van der Waals surface area contributed by atoms with Crippen molar-refractivity contribution < 1.29 is 0 Å². The molecule has 0 N–H and O–H groups in total. The molecule has 2 nitrogen and oxygen atoms in total. The van der Waals surface area contributed by atoms with E-state index >= 15 is 0 Å². The Morgan fingerprint density at radius 3 is 2.27 bits per heavy atom. The lowest BCUT2D eigenvalue weighted by molar-refractivity contribution is 0.223. The Hall–Kier alpha value is -0.0800. The Morgan fingerprint density at radius 2 is 1.64 bits per heavy atom. The zero-order valence-corrected chi connectivity index (χ0v) is 8.17. The van der Waals surface area contributed by atoms with Gasteiger partial charge in [0.15, 0.2) is 0 Å². The molecule has 2 heteroatoms. The molecule has 2 atom stereocenters. The average molecular weight is 156 g/mol. The molecule has 11 heavy (non-hydrogen) atoms. The van der Waals surface area contributed by atoms with Gasteiger partial charge in [0.05, 0.1) is 0 Å². The van der Waals surface area contributed by atoms with Crippen LogP contribution >= 0.6 is 0 Å². The third-order valence-corrected chi connectivity index (χ3v) is 2.96. The summed E-state index contributed by atoms with van der Waals surface area (Å²) in [7, 11) is 4.44. The van der Waals surface area contributed by atoms with Crippen LogP contribution in [0.5, 0.6) is 0 Å². The van der Waals surface area contributed by atoms with E-state index in [-0.39, 0.29) is 0 Å². The summed E-state index contributed by atoms with van der Waals surface area (Å²) in [6.07, 6.45) is 1.30.